The van der Waals surface area contributed by atoms with Crippen molar-refractivity contribution >= 4 is 23.5 Å². The second-order valence-corrected chi connectivity index (χ2v) is 6.71. The number of benzene rings is 2. The van der Waals surface area contributed by atoms with Crippen LogP contribution >= 0.6 is 11.6 Å². The first-order valence-corrected chi connectivity index (χ1v) is 9.12. The molecule has 3 rings (SSSR count). The standard InChI is InChI=1S/C21H20ClN3O3/c1-14(21(27)28-2)19(15-8-4-3-5-9-15)24-20(26)16-12-23-25(13-16)18-11-7-6-10-17(18)22/h3-14,19H,1-2H3,(H,24,26)/t14-,19+/m0/s1. The Labute approximate surface area is 168 Å². The molecule has 0 bridgehead atoms. The molecule has 144 valence electrons. The maximum absolute atomic E-state index is 12.8. The molecule has 0 saturated carbocycles. The van der Waals surface area contributed by atoms with Crippen LogP contribution in [0.4, 0.5) is 0 Å². The van der Waals surface area contributed by atoms with Gasteiger partial charge in [0.2, 0.25) is 0 Å². The highest BCUT2D eigenvalue weighted by atomic mass is 35.5. The number of para-hydroxylation sites is 1. The van der Waals surface area contributed by atoms with Gasteiger partial charge in [-0.1, -0.05) is 54.1 Å². The molecule has 0 radical (unpaired) electrons. The van der Waals surface area contributed by atoms with Crippen LogP contribution in [0.5, 0.6) is 0 Å². The average Bonchev–Trinajstić information content (AvgIpc) is 3.22. The third-order valence-electron chi connectivity index (χ3n) is 4.46. The third kappa shape index (κ3) is 4.23. The first kappa shape index (κ1) is 19.6. The third-order valence-corrected chi connectivity index (χ3v) is 4.78. The number of halogens is 1. The summed E-state index contributed by atoms with van der Waals surface area (Å²) in [6, 6.07) is 16.0. The smallest absolute Gasteiger partial charge is 0.310 e. The van der Waals surface area contributed by atoms with E-state index in [1.165, 1.54) is 13.3 Å². The number of aromatic nitrogens is 2. The van der Waals surface area contributed by atoms with Gasteiger partial charge in [0.1, 0.15) is 0 Å². The van der Waals surface area contributed by atoms with Crippen LogP contribution in [0.1, 0.15) is 28.9 Å². The Balaban J connectivity index is 1.85. The summed E-state index contributed by atoms with van der Waals surface area (Å²) in [4.78, 5) is 24.9. The number of methoxy groups -OCH3 is 1. The first-order valence-electron chi connectivity index (χ1n) is 8.74. The number of amides is 1. The van der Waals surface area contributed by atoms with Crippen molar-refractivity contribution in [1.82, 2.24) is 15.1 Å². The fourth-order valence-electron chi connectivity index (χ4n) is 2.91. The van der Waals surface area contributed by atoms with Gasteiger partial charge in [-0.3, -0.25) is 9.59 Å². The number of nitrogens with one attached hydrogen (secondary N) is 1. The van der Waals surface area contributed by atoms with Crippen LogP contribution in [0.25, 0.3) is 5.69 Å². The zero-order valence-corrected chi connectivity index (χ0v) is 16.3. The zero-order valence-electron chi connectivity index (χ0n) is 15.5. The van der Waals surface area contributed by atoms with Gasteiger partial charge in [0.15, 0.2) is 0 Å². The van der Waals surface area contributed by atoms with Crippen LogP contribution in [-0.4, -0.2) is 28.8 Å². The minimum atomic E-state index is -0.560. The Morgan fingerprint density at radius 2 is 1.79 bits per heavy atom. The predicted molar refractivity (Wildman–Crippen MR) is 106 cm³/mol. The summed E-state index contributed by atoms with van der Waals surface area (Å²) >= 11 is 6.19. The first-order chi connectivity index (χ1) is 13.5. The lowest BCUT2D eigenvalue weighted by Crippen LogP contribution is -2.36. The number of ether oxygens (including phenoxy) is 1. The van der Waals surface area contributed by atoms with E-state index in [1.54, 1.807) is 23.9 Å². The fourth-order valence-corrected chi connectivity index (χ4v) is 3.14. The molecule has 7 heteroatoms. The van der Waals surface area contributed by atoms with Gasteiger partial charge in [-0.2, -0.15) is 5.10 Å². The molecule has 0 saturated heterocycles. The highest BCUT2D eigenvalue weighted by molar-refractivity contribution is 6.32. The fraction of sp³-hybridized carbons (Fsp3) is 0.190. The van der Waals surface area contributed by atoms with E-state index in [0.717, 1.165) is 5.56 Å². The summed E-state index contributed by atoms with van der Waals surface area (Å²) in [5.41, 5.74) is 1.84. The monoisotopic (exact) mass is 397 g/mol. The van der Waals surface area contributed by atoms with Crippen LogP contribution in [0, 0.1) is 5.92 Å². The number of hydrogen-bond donors (Lipinski definition) is 1. The summed E-state index contributed by atoms with van der Waals surface area (Å²) in [5.74, 6) is -1.31. The minimum Gasteiger partial charge on any atom is -0.469 e. The van der Waals surface area contributed by atoms with Crippen LogP contribution in [0.15, 0.2) is 67.0 Å². The van der Waals surface area contributed by atoms with Gasteiger partial charge in [0.05, 0.1) is 41.5 Å². The summed E-state index contributed by atoms with van der Waals surface area (Å²) in [6.45, 7) is 1.72. The molecule has 6 nitrogen and oxygen atoms in total. The maximum Gasteiger partial charge on any atom is 0.310 e. The molecule has 0 fully saturated rings. The van der Waals surface area contributed by atoms with Gasteiger partial charge in [-0.05, 0) is 24.6 Å². The Bertz CT molecular complexity index is 972. The normalized spacial score (nSPS) is 12.8. The molecule has 0 aliphatic carbocycles. The van der Waals surface area contributed by atoms with Crippen LogP contribution in [-0.2, 0) is 9.53 Å². The molecule has 0 aliphatic heterocycles. The van der Waals surface area contributed by atoms with Gasteiger partial charge in [-0.15, -0.1) is 0 Å². The summed E-state index contributed by atoms with van der Waals surface area (Å²) in [7, 11) is 1.33. The van der Waals surface area contributed by atoms with Gasteiger partial charge >= 0.3 is 5.97 Å². The Morgan fingerprint density at radius 1 is 1.11 bits per heavy atom. The van der Waals surface area contributed by atoms with Crippen molar-refractivity contribution in [1.29, 1.82) is 0 Å². The number of carbonyl (C=O) groups is 2. The van der Waals surface area contributed by atoms with Gasteiger partial charge in [-0.25, -0.2) is 4.68 Å². The number of carbonyl (C=O) groups excluding carboxylic acids is 2. The molecular formula is C21H20ClN3O3. The van der Waals surface area contributed by atoms with E-state index in [9.17, 15) is 9.59 Å². The summed E-state index contributed by atoms with van der Waals surface area (Å²) in [5, 5.41) is 7.67. The number of nitrogens with zero attached hydrogens (tertiary/aromatic N) is 2. The SMILES string of the molecule is COC(=O)[C@@H](C)[C@@H](NC(=O)c1cnn(-c2ccccc2Cl)c1)c1ccccc1. The maximum atomic E-state index is 12.8. The van der Waals surface area contributed by atoms with Crippen LogP contribution in [0.2, 0.25) is 5.02 Å². The lowest BCUT2D eigenvalue weighted by Gasteiger charge is -2.23. The summed E-state index contributed by atoms with van der Waals surface area (Å²) in [6.07, 6.45) is 3.06. The molecule has 1 N–H and O–H groups in total. The van der Waals surface area contributed by atoms with Crippen LogP contribution < -0.4 is 5.32 Å². The number of hydrogen-bond acceptors (Lipinski definition) is 4. The van der Waals surface area contributed by atoms with E-state index in [-0.39, 0.29) is 5.91 Å². The van der Waals surface area contributed by atoms with Crippen molar-refractivity contribution in [2.45, 2.75) is 13.0 Å². The molecule has 0 aliphatic rings. The molecule has 0 spiro atoms. The second kappa shape index (κ2) is 8.71. The Hall–Kier alpha value is -3.12. The van der Waals surface area contributed by atoms with E-state index >= 15 is 0 Å². The predicted octanol–water partition coefficient (Wildman–Crippen LogP) is 3.81. The molecule has 1 aromatic heterocycles. The molecule has 3 aromatic rings. The van der Waals surface area contributed by atoms with Crippen molar-refractivity contribution in [3.8, 4) is 5.69 Å². The van der Waals surface area contributed by atoms with Crippen molar-refractivity contribution in [2.24, 2.45) is 5.92 Å². The Morgan fingerprint density at radius 3 is 2.46 bits per heavy atom. The van der Waals surface area contributed by atoms with Crippen molar-refractivity contribution in [2.75, 3.05) is 7.11 Å². The lowest BCUT2D eigenvalue weighted by molar-refractivity contribution is -0.145. The number of rotatable bonds is 6. The van der Waals surface area contributed by atoms with Crippen LogP contribution in [0.3, 0.4) is 0 Å². The second-order valence-electron chi connectivity index (χ2n) is 6.30. The molecule has 0 unspecified atom stereocenters. The van der Waals surface area contributed by atoms with E-state index in [4.69, 9.17) is 16.3 Å². The average molecular weight is 398 g/mol. The highest BCUT2D eigenvalue weighted by Gasteiger charge is 2.28. The van der Waals surface area contributed by atoms with Gasteiger partial charge in [0.25, 0.3) is 5.91 Å². The topological polar surface area (TPSA) is 73.2 Å². The van der Waals surface area contributed by atoms with Crippen molar-refractivity contribution in [3.63, 3.8) is 0 Å². The van der Waals surface area contributed by atoms with Gasteiger partial charge < -0.3 is 10.1 Å². The van der Waals surface area contributed by atoms with E-state index in [2.05, 4.69) is 10.4 Å². The molecule has 2 aromatic carbocycles. The Kier molecular flexibility index (Phi) is 6.11. The minimum absolute atomic E-state index is 0.345. The van der Waals surface area contributed by atoms with E-state index in [0.29, 0.717) is 16.3 Å². The summed E-state index contributed by atoms with van der Waals surface area (Å²) < 4.78 is 6.40. The van der Waals surface area contributed by atoms with E-state index in [1.807, 2.05) is 48.5 Å². The zero-order chi connectivity index (χ0) is 20.1. The molecule has 28 heavy (non-hydrogen) atoms. The molecular weight excluding hydrogens is 378 g/mol. The van der Waals surface area contributed by atoms with Gasteiger partial charge in [0, 0.05) is 6.20 Å². The molecule has 1 heterocycles. The number of esters is 1. The van der Waals surface area contributed by atoms with Crippen molar-refractivity contribution < 1.29 is 14.3 Å². The largest absolute Gasteiger partial charge is 0.469 e. The molecule has 1 amide bonds. The quantitative estimate of drug-likeness (QED) is 0.642. The van der Waals surface area contributed by atoms with E-state index < -0.39 is 17.9 Å². The van der Waals surface area contributed by atoms with Crippen molar-refractivity contribution in [3.05, 3.63) is 83.1 Å². The highest BCUT2D eigenvalue weighted by Crippen LogP contribution is 2.24. The molecule has 2 atom stereocenters. The lowest BCUT2D eigenvalue weighted by atomic mass is 9.94.